The van der Waals surface area contributed by atoms with E-state index in [1.54, 1.807) is 0 Å². The Bertz CT molecular complexity index is 375. The van der Waals surface area contributed by atoms with E-state index in [9.17, 15) is 4.39 Å². The number of halogens is 1. The van der Waals surface area contributed by atoms with Crippen molar-refractivity contribution in [2.45, 2.75) is 84.5 Å². The van der Waals surface area contributed by atoms with Crippen LogP contribution < -0.4 is 0 Å². The minimum Gasteiger partial charge on any atom is -0.419 e. The minimum absolute atomic E-state index is 0.0643. The SMILES string of the molecule is CCCCCCC(C)(CCCC)c1oc(F)nc1C. The molecule has 0 amide bonds. The molecule has 1 heterocycles. The summed E-state index contributed by atoms with van der Waals surface area (Å²) in [5, 5.41) is 0. The van der Waals surface area contributed by atoms with Crippen molar-refractivity contribution in [3.05, 3.63) is 17.6 Å². The summed E-state index contributed by atoms with van der Waals surface area (Å²) in [5.41, 5.74) is 0.650. The van der Waals surface area contributed by atoms with Crippen molar-refractivity contribution in [3.63, 3.8) is 0 Å². The number of hydrogen-bond donors (Lipinski definition) is 0. The molecular formula is C16H28FNO. The molecule has 0 N–H and O–H groups in total. The first-order chi connectivity index (χ1) is 9.03. The van der Waals surface area contributed by atoms with E-state index >= 15 is 0 Å². The minimum atomic E-state index is -0.691. The maximum absolute atomic E-state index is 13.2. The molecule has 19 heavy (non-hydrogen) atoms. The maximum Gasteiger partial charge on any atom is 0.381 e. The highest BCUT2D eigenvalue weighted by Crippen LogP contribution is 2.37. The van der Waals surface area contributed by atoms with Gasteiger partial charge in [0.2, 0.25) is 0 Å². The summed E-state index contributed by atoms with van der Waals surface area (Å²) >= 11 is 0. The van der Waals surface area contributed by atoms with Crippen LogP contribution in [0.1, 0.15) is 83.6 Å². The van der Waals surface area contributed by atoms with E-state index in [1.807, 2.05) is 6.92 Å². The Morgan fingerprint density at radius 1 is 1.05 bits per heavy atom. The zero-order valence-corrected chi connectivity index (χ0v) is 12.9. The molecule has 0 aliphatic heterocycles. The van der Waals surface area contributed by atoms with Gasteiger partial charge in [0.15, 0.2) is 0 Å². The smallest absolute Gasteiger partial charge is 0.381 e. The fraction of sp³-hybridized carbons (Fsp3) is 0.812. The average Bonchev–Trinajstić information content (AvgIpc) is 2.72. The van der Waals surface area contributed by atoms with Crippen molar-refractivity contribution in [2.24, 2.45) is 0 Å². The molecule has 110 valence electrons. The lowest BCUT2D eigenvalue weighted by atomic mass is 9.77. The molecule has 0 aromatic carbocycles. The molecule has 0 saturated heterocycles. The number of hydrogen-bond acceptors (Lipinski definition) is 2. The van der Waals surface area contributed by atoms with Gasteiger partial charge in [-0.25, -0.2) is 0 Å². The Kier molecular flexibility index (Phi) is 6.53. The summed E-state index contributed by atoms with van der Waals surface area (Å²) in [4.78, 5) is 3.80. The normalized spacial score (nSPS) is 14.6. The lowest BCUT2D eigenvalue weighted by molar-refractivity contribution is 0.249. The van der Waals surface area contributed by atoms with Gasteiger partial charge in [-0.15, -0.1) is 4.39 Å². The fourth-order valence-electron chi connectivity index (χ4n) is 2.78. The van der Waals surface area contributed by atoms with E-state index < -0.39 is 6.14 Å². The molecule has 1 aromatic rings. The fourth-order valence-corrected chi connectivity index (χ4v) is 2.78. The molecule has 0 radical (unpaired) electrons. The molecule has 1 rings (SSSR count). The van der Waals surface area contributed by atoms with Gasteiger partial charge in [0.05, 0.1) is 5.69 Å². The van der Waals surface area contributed by atoms with Crippen molar-refractivity contribution >= 4 is 0 Å². The standard InChI is InChI=1S/C16H28FNO/c1-5-7-9-10-12-16(4,11-8-6-2)14-13(3)18-15(17)19-14/h5-12H2,1-4H3. The topological polar surface area (TPSA) is 26.0 Å². The Morgan fingerprint density at radius 3 is 2.21 bits per heavy atom. The molecule has 0 spiro atoms. The highest BCUT2D eigenvalue weighted by atomic mass is 19.1. The molecule has 3 heteroatoms. The third-order valence-corrected chi connectivity index (χ3v) is 3.98. The van der Waals surface area contributed by atoms with Gasteiger partial charge in [-0.2, -0.15) is 4.98 Å². The molecule has 1 atom stereocenters. The van der Waals surface area contributed by atoms with E-state index in [0.29, 0.717) is 5.69 Å². The van der Waals surface area contributed by atoms with Crippen LogP contribution in [0.4, 0.5) is 4.39 Å². The molecular weight excluding hydrogens is 241 g/mol. The van der Waals surface area contributed by atoms with E-state index in [-0.39, 0.29) is 5.41 Å². The van der Waals surface area contributed by atoms with Crippen molar-refractivity contribution in [1.82, 2.24) is 4.98 Å². The van der Waals surface area contributed by atoms with Crippen molar-refractivity contribution in [3.8, 4) is 0 Å². The predicted molar refractivity (Wildman–Crippen MR) is 76.8 cm³/mol. The highest BCUT2D eigenvalue weighted by molar-refractivity contribution is 5.17. The Labute approximate surface area is 116 Å². The van der Waals surface area contributed by atoms with Gasteiger partial charge < -0.3 is 4.42 Å². The predicted octanol–water partition coefficient (Wildman–Crippen LogP) is 5.54. The van der Waals surface area contributed by atoms with Crippen LogP contribution in [0, 0.1) is 13.1 Å². The molecule has 0 fully saturated rings. The van der Waals surface area contributed by atoms with Crippen molar-refractivity contribution < 1.29 is 8.81 Å². The molecule has 0 aliphatic rings. The summed E-state index contributed by atoms with van der Waals surface area (Å²) in [7, 11) is 0. The van der Waals surface area contributed by atoms with Gasteiger partial charge in [0.25, 0.3) is 0 Å². The van der Waals surface area contributed by atoms with Gasteiger partial charge in [-0.05, 0) is 19.8 Å². The summed E-state index contributed by atoms with van der Waals surface area (Å²) < 4.78 is 18.5. The van der Waals surface area contributed by atoms with Crippen LogP contribution in [0.15, 0.2) is 4.42 Å². The third-order valence-electron chi connectivity index (χ3n) is 3.98. The molecule has 1 aromatic heterocycles. The lowest BCUT2D eigenvalue weighted by Gasteiger charge is -2.27. The second kappa shape index (κ2) is 7.66. The van der Waals surface area contributed by atoms with Crippen LogP contribution in [0.25, 0.3) is 0 Å². The van der Waals surface area contributed by atoms with Gasteiger partial charge in [-0.3, -0.25) is 0 Å². The van der Waals surface area contributed by atoms with E-state index in [0.717, 1.165) is 31.4 Å². The summed E-state index contributed by atoms with van der Waals surface area (Å²) in [6.07, 6.45) is 8.64. The monoisotopic (exact) mass is 269 g/mol. The van der Waals surface area contributed by atoms with Crippen LogP contribution in [0.2, 0.25) is 0 Å². The second-order valence-corrected chi connectivity index (χ2v) is 5.86. The number of oxazole rings is 1. The van der Waals surface area contributed by atoms with E-state index in [4.69, 9.17) is 4.42 Å². The lowest BCUT2D eigenvalue weighted by Crippen LogP contribution is -2.22. The Hall–Kier alpha value is -0.860. The Balaban J connectivity index is 2.76. The highest BCUT2D eigenvalue weighted by Gasteiger charge is 2.32. The molecule has 0 aliphatic carbocycles. The summed E-state index contributed by atoms with van der Waals surface area (Å²) in [6.45, 7) is 8.44. The maximum atomic E-state index is 13.2. The van der Waals surface area contributed by atoms with E-state index in [1.165, 1.54) is 25.7 Å². The largest absolute Gasteiger partial charge is 0.419 e. The third kappa shape index (κ3) is 4.63. The van der Waals surface area contributed by atoms with Gasteiger partial charge in [0, 0.05) is 5.41 Å². The molecule has 1 unspecified atom stereocenters. The number of aromatic nitrogens is 1. The zero-order chi connectivity index (χ0) is 14.3. The quantitative estimate of drug-likeness (QED) is 0.550. The first-order valence-corrected chi connectivity index (χ1v) is 7.67. The van der Waals surface area contributed by atoms with Crippen molar-refractivity contribution in [2.75, 3.05) is 0 Å². The van der Waals surface area contributed by atoms with Crippen LogP contribution in [-0.4, -0.2) is 4.98 Å². The van der Waals surface area contributed by atoms with Crippen molar-refractivity contribution in [1.29, 1.82) is 0 Å². The molecule has 2 nitrogen and oxygen atoms in total. The first kappa shape index (κ1) is 16.2. The number of rotatable bonds is 9. The number of aryl methyl sites for hydroxylation is 1. The number of nitrogens with zero attached hydrogens (tertiary/aromatic N) is 1. The average molecular weight is 269 g/mol. The van der Waals surface area contributed by atoms with E-state index in [2.05, 4.69) is 25.8 Å². The molecule has 0 saturated carbocycles. The zero-order valence-electron chi connectivity index (χ0n) is 12.9. The Morgan fingerprint density at radius 2 is 1.68 bits per heavy atom. The van der Waals surface area contributed by atoms with Crippen LogP contribution in [-0.2, 0) is 5.41 Å². The van der Waals surface area contributed by atoms with Crippen LogP contribution in [0.5, 0.6) is 0 Å². The summed E-state index contributed by atoms with van der Waals surface area (Å²) in [6, 6.07) is 0. The van der Waals surface area contributed by atoms with Gasteiger partial charge in [0.1, 0.15) is 5.76 Å². The van der Waals surface area contributed by atoms with Gasteiger partial charge >= 0.3 is 6.14 Å². The first-order valence-electron chi connectivity index (χ1n) is 7.67. The molecule has 0 bridgehead atoms. The second-order valence-electron chi connectivity index (χ2n) is 5.86. The summed E-state index contributed by atoms with van der Waals surface area (Å²) in [5.74, 6) is 0.759. The van der Waals surface area contributed by atoms with Crippen LogP contribution >= 0.6 is 0 Å². The van der Waals surface area contributed by atoms with Crippen LogP contribution in [0.3, 0.4) is 0 Å². The van der Waals surface area contributed by atoms with Gasteiger partial charge in [-0.1, -0.05) is 59.3 Å². The number of unbranched alkanes of at least 4 members (excludes halogenated alkanes) is 4.